The Morgan fingerprint density at radius 3 is 2.60 bits per heavy atom. The zero-order valence-corrected chi connectivity index (χ0v) is 11.1. The lowest BCUT2D eigenvalue weighted by molar-refractivity contribution is 0.0697. The maximum absolute atomic E-state index is 11.9. The number of aliphatic hydroxyl groups excluding tert-OH is 1. The number of piperidine rings is 1. The lowest BCUT2D eigenvalue weighted by Gasteiger charge is -2.30. The zero-order valence-electron chi connectivity index (χ0n) is 11.1. The third-order valence-corrected chi connectivity index (χ3v) is 3.33. The first-order valence-electron chi connectivity index (χ1n) is 6.59. The van der Waals surface area contributed by atoms with Crippen LogP contribution < -0.4 is 5.32 Å². The summed E-state index contributed by atoms with van der Waals surface area (Å²) in [6.45, 7) is 1.36. The average Bonchev–Trinajstić information content (AvgIpc) is 2.45. The fourth-order valence-electron chi connectivity index (χ4n) is 2.19. The second-order valence-corrected chi connectivity index (χ2v) is 4.90. The molecule has 0 aliphatic carbocycles. The molecule has 1 aliphatic rings. The molecule has 1 fully saturated rings. The summed E-state index contributed by atoms with van der Waals surface area (Å²) in [7, 11) is 0. The van der Waals surface area contributed by atoms with Crippen LogP contribution in [0.25, 0.3) is 0 Å². The van der Waals surface area contributed by atoms with Gasteiger partial charge in [-0.25, -0.2) is 9.59 Å². The molecule has 2 amide bonds. The highest BCUT2D eigenvalue weighted by Gasteiger charge is 2.21. The Bertz CT molecular complexity index is 486. The van der Waals surface area contributed by atoms with E-state index in [1.165, 1.54) is 12.1 Å². The molecule has 1 atom stereocenters. The van der Waals surface area contributed by atoms with Gasteiger partial charge in [0.05, 0.1) is 11.7 Å². The van der Waals surface area contributed by atoms with Crippen LogP contribution in [0.3, 0.4) is 0 Å². The van der Waals surface area contributed by atoms with Crippen LogP contribution in [0.4, 0.5) is 4.79 Å². The maximum atomic E-state index is 11.9. The highest BCUT2D eigenvalue weighted by atomic mass is 16.4. The Labute approximate surface area is 117 Å². The molecule has 1 saturated heterocycles. The summed E-state index contributed by atoms with van der Waals surface area (Å²) in [5.74, 6) is -0.970. The Hall–Kier alpha value is -2.08. The van der Waals surface area contributed by atoms with E-state index < -0.39 is 12.1 Å². The largest absolute Gasteiger partial charge is 0.478 e. The number of carbonyl (C=O) groups is 2. The molecule has 0 unspecified atom stereocenters. The number of nitrogens with one attached hydrogen (secondary N) is 1. The Morgan fingerprint density at radius 2 is 2.00 bits per heavy atom. The van der Waals surface area contributed by atoms with Gasteiger partial charge in [-0.05, 0) is 30.5 Å². The summed E-state index contributed by atoms with van der Waals surface area (Å²) in [4.78, 5) is 24.2. The molecule has 20 heavy (non-hydrogen) atoms. The minimum absolute atomic E-state index is 0.203. The van der Waals surface area contributed by atoms with Crippen molar-refractivity contribution < 1.29 is 19.8 Å². The van der Waals surface area contributed by atoms with Gasteiger partial charge in [0.25, 0.3) is 0 Å². The van der Waals surface area contributed by atoms with Crippen molar-refractivity contribution in [2.24, 2.45) is 0 Å². The highest BCUT2D eigenvalue weighted by Crippen LogP contribution is 2.10. The van der Waals surface area contributed by atoms with Crippen LogP contribution >= 0.6 is 0 Å². The highest BCUT2D eigenvalue weighted by molar-refractivity contribution is 5.87. The molecular weight excluding hydrogens is 260 g/mol. The minimum atomic E-state index is -0.970. The molecule has 2 rings (SSSR count). The Morgan fingerprint density at radius 1 is 1.30 bits per heavy atom. The number of hydrogen-bond donors (Lipinski definition) is 3. The number of β-amino-alcohol motifs (C(OH)–C–C–N with tert-alkyl or cyclic N) is 1. The molecule has 6 nitrogen and oxygen atoms in total. The van der Waals surface area contributed by atoms with Gasteiger partial charge in [-0.3, -0.25) is 0 Å². The van der Waals surface area contributed by atoms with Gasteiger partial charge in [-0.15, -0.1) is 0 Å². The SMILES string of the molecule is O=C(O)c1ccc(CNC(=O)N2CCC[C@H](O)C2)cc1. The van der Waals surface area contributed by atoms with Gasteiger partial charge in [-0.1, -0.05) is 12.1 Å². The second-order valence-electron chi connectivity index (χ2n) is 4.90. The number of rotatable bonds is 3. The minimum Gasteiger partial charge on any atom is -0.478 e. The number of nitrogens with zero attached hydrogens (tertiary/aromatic N) is 1. The van der Waals surface area contributed by atoms with Crippen LogP contribution in [-0.4, -0.2) is 46.3 Å². The normalized spacial score (nSPS) is 18.6. The fourth-order valence-corrected chi connectivity index (χ4v) is 2.19. The number of aliphatic hydroxyl groups is 1. The molecule has 0 radical (unpaired) electrons. The number of urea groups is 1. The predicted octanol–water partition coefficient (Wildman–Crippen LogP) is 1.05. The van der Waals surface area contributed by atoms with E-state index in [9.17, 15) is 14.7 Å². The third kappa shape index (κ3) is 3.71. The number of likely N-dealkylation sites (tertiary alicyclic amines) is 1. The lowest BCUT2D eigenvalue weighted by atomic mass is 10.1. The molecule has 0 saturated carbocycles. The smallest absolute Gasteiger partial charge is 0.335 e. The Balaban J connectivity index is 1.85. The number of hydrogen-bond acceptors (Lipinski definition) is 3. The van der Waals surface area contributed by atoms with E-state index in [4.69, 9.17) is 5.11 Å². The fraction of sp³-hybridized carbons (Fsp3) is 0.429. The van der Waals surface area contributed by atoms with Gasteiger partial charge in [0.1, 0.15) is 0 Å². The molecule has 1 aromatic carbocycles. The number of carboxylic acids is 1. The first-order chi connectivity index (χ1) is 9.56. The van der Waals surface area contributed by atoms with E-state index in [-0.39, 0.29) is 11.6 Å². The molecule has 0 bridgehead atoms. The number of amides is 2. The molecule has 1 aliphatic heterocycles. The van der Waals surface area contributed by atoms with Crippen molar-refractivity contribution in [1.29, 1.82) is 0 Å². The van der Waals surface area contributed by atoms with E-state index in [0.29, 0.717) is 19.6 Å². The van der Waals surface area contributed by atoms with E-state index >= 15 is 0 Å². The zero-order chi connectivity index (χ0) is 14.5. The van der Waals surface area contributed by atoms with Crippen LogP contribution in [0.2, 0.25) is 0 Å². The molecule has 1 heterocycles. The summed E-state index contributed by atoms with van der Waals surface area (Å²) in [5.41, 5.74) is 1.06. The quantitative estimate of drug-likeness (QED) is 0.771. The topological polar surface area (TPSA) is 89.9 Å². The van der Waals surface area contributed by atoms with Crippen molar-refractivity contribution in [1.82, 2.24) is 10.2 Å². The molecule has 6 heteroatoms. The van der Waals surface area contributed by atoms with E-state index in [0.717, 1.165) is 18.4 Å². The number of carboxylic acid groups (broad SMARTS) is 1. The predicted molar refractivity (Wildman–Crippen MR) is 72.5 cm³/mol. The molecule has 108 valence electrons. The van der Waals surface area contributed by atoms with Crippen LogP contribution in [0.1, 0.15) is 28.8 Å². The van der Waals surface area contributed by atoms with Crippen LogP contribution in [0.15, 0.2) is 24.3 Å². The first kappa shape index (κ1) is 14.3. The summed E-state index contributed by atoms with van der Waals surface area (Å²) in [6.07, 6.45) is 1.10. The summed E-state index contributed by atoms with van der Waals surface area (Å²) in [5, 5.41) is 21.1. The number of aromatic carboxylic acids is 1. The van der Waals surface area contributed by atoms with Gasteiger partial charge in [0.2, 0.25) is 0 Å². The van der Waals surface area contributed by atoms with Crippen LogP contribution in [-0.2, 0) is 6.54 Å². The molecule has 1 aromatic rings. The van der Waals surface area contributed by atoms with Crippen molar-refractivity contribution in [2.45, 2.75) is 25.5 Å². The standard InChI is InChI=1S/C14H18N2O4/c17-12-2-1-7-16(9-12)14(20)15-8-10-3-5-11(6-4-10)13(18)19/h3-6,12,17H,1-2,7-9H2,(H,15,20)(H,18,19)/t12-/m0/s1. The lowest BCUT2D eigenvalue weighted by Crippen LogP contribution is -2.46. The van der Waals surface area contributed by atoms with Crippen molar-refractivity contribution in [2.75, 3.05) is 13.1 Å². The maximum Gasteiger partial charge on any atom is 0.335 e. The molecule has 3 N–H and O–H groups in total. The van der Waals surface area contributed by atoms with Crippen LogP contribution in [0, 0.1) is 0 Å². The van der Waals surface area contributed by atoms with Gasteiger partial charge in [-0.2, -0.15) is 0 Å². The van der Waals surface area contributed by atoms with Crippen molar-refractivity contribution in [3.8, 4) is 0 Å². The van der Waals surface area contributed by atoms with Gasteiger partial charge >= 0.3 is 12.0 Å². The average molecular weight is 278 g/mol. The van der Waals surface area contributed by atoms with Gasteiger partial charge in [0, 0.05) is 19.6 Å². The number of carbonyl (C=O) groups excluding carboxylic acids is 1. The van der Waals surface area contributed by atoms with Crippen molar-refractivity contribution in [3.05, 3.63) is 35.4 Å². The van der Waals surface area contributed by atoms with Crippen LogP contribution in [0.5, 0.6) is 0 Å². The van der Waals surface area contributed by atoms with Crippen molar-refractivity contribution >= 4 is 12.0 Å². The molecule has 0 spiro atoms. The monoisotopic (exact) mass is 278 g/mol. The number of benzene rings is 1. The Kier molecular flexibility index (Phi) is 4.57. The summed E-state index contributed by atoms with van der Waals surface area (Å²) < 4.78 is 0. The molecule has 0 aromatic heterocycles. The first-order valence-corrected chi connectivity index (χ1v) is 6.59. The second kappa shape index (κ2) is 6.38. The van der Waals surface area contributed by atoms with E-state index in [2.05, 4.69) is 5.32 Å². The van der Waals surface area contributed by atoms with E-state index in [1.807, 2.05) is 0 Å². The van der Waals surface area contributed by atoms with Gasteiger partial charge < -0.3 is 20.4 Å². The summed E-state index contributed by atoms with van der Waals surface area (Å²) >= 11 is 0. The van der Waals surface area contributed by atoms with Gasteiger partial charge in [0.15, 0.2) is 0 Å². The third-order valence-electron chi connectivity index (χ3n) is 3.33. The summed E-state index contributed by atoms with van der Waals surface area (Å²) in [6, 6.07) is 6.16. The molecular formula is C14H18N2O4. The van der Waals surface area contributed by atoms with E-state index in [1.54, 1.807) is 17.0 Å². The van der Waals surface area contributed by atoms with Crippen molar-refractivity contribution in [3.63, 3.8) is 0 Å².